The lowest BCUT2D eigenvalue weighted by Crippen LogP contribution is -2.01. The lowest BCUT2D eigenvalue weighted by atomic mass is 10.0. The second-order valence-corrected chi connectivity index (χ2v) is 3.67. The standard InChI is InChI=1S/C12H16O3/c1-8-6-9(2)12(15-3)10(7-8)4-5-11(13)14/h6-7H,4-5H2,1-3H3,(H,13,14). The molecule has 0 saturated heterocycles. The van der Waals surface area contributed by atoms with E-state index < -0.39 is 5.97 Å². The smallest absolute Gasteiger partial charge is 0.303 e. The molecule has 1 N–H and O–H groups in total. The monoisotopic (exact) mass is 208 g/mol. The van der Waals surface area contributed by atoms with Crippen molar-refractivity contribution in [3.05, 3.63) is 28.8 Å². The molecule has 0 radical (unpaired) electrons. The summed E-state index contributed by atoms with van der Waals surface area (Å²) in [7, 11) is 1.61. The summed E-state index contributed by atoms with van der Waals surface area (Å²) in [6.45, 7) is 3.97. The molecule has 3 nitrogen and oxygen atoms in total. The summed E-state index contributed by atoms with van der Waals surface area (Å²) in [5.74, 6) is 0.0260. The maximum Gasteiger partial charge on any atom is 0.303 e. The van der Waals surface area contributed by atoms with E-state index >= 15 is 0 Å². The highest BCUT2D eigenvalue weighted by Crippen LogP contribution is 2.26. The molecule has 1 rings (SSSR count). The highest BCUT2D eigenvalue weighted by molar-refractivity contribution is 5.67. The van der Waals surface area contributed by atoms with E-state index in [1.165, 1.54) is 0 Å². The predicted molar refractivity (Wildman–Crippen MR) is 58.4 cm³/mol. The zero-order chi connectivity index (χ0) is 11.4. The third kappa shape index (κ3) is 2.98. The number of aryl methyl sites for hydroxylation is 3. The number of aliphatic carboxylic acids is 1. The first-order valence-electron chi connectivity index (χ1n) is 4.90. The van der Waals surface area contributed by atoms with E-state index in [-0.39, 0.29) is 6.42 Å². The van der Waals surface area contributed by atoms with Gasteiger partial charge in [-0.05, 0) is 31.4 Å². The molecule has 15 heavy (non-hydrogen) atoms. The van der Waals surface area contributed by atoms with Crippen molar-refractivity contribution >= 4 is 5.97 Å². The molecule has 0 aliphatic heterocycles. The number of rotatable bonds is 4. The van der Waals surface area contributed by atoms with Crippen LogP contribution >= 0.6 is 0 Å². The number of carbonyl (C=O) groups is 1. The number of hydrogen-bond acceptors (Lipinski definition) is 2. The molecule has 3 heteroatoms. The van der Waals surface area contributed by atoms with E-state index in [1.54, 1.807) is 7.11 Å². The number of benzene rings is 1. The fourth-order valence-electron chi connectivity index (χ4n) is 1.76. The molecule has 0 aromatic heterocycles. The molecule has 0 bridgehead atoms. The van der Waals surface area contributed by atoms with Crippen LogP contribution in [0, 0.1) is 13.8 Å². The highest BCUT2D eigenvalue weighted by atomic mass is 16.5. The SMILES string of the molecule is COc1c(C)cc(C)cc1CCC(=O)O. The van der Waals surface area contributed by atoms with Gasteiger partial charge in [0.15, 0.2) is 0 Å². The minimum absolute atomic E-state index is 0.138. The van der Waals surface area contributed by atoms with E-state index in [0.717, 1.165) is 22.4 Å². The second-order valence-electron chi connectivity index (χ2n) is 3.67. The van der Waals surface area contributed by atoms with Gasteiger partial charge in [-0.3, -0.25) is 4.79 Å². The van der Waals surface area contributed by atoms with Crippen molar-refractivity contribution in [3.8, 4) is 5.75 Å². The van der Waals surface area contributed by atoms with Crippen LogP contribution in [0.25, 0.3) is 0 Å². The van der Waals surface area contributed by atoms with Gasteiger partial charge in [-0.15, -0.1) is 0 Å². The Kier molecular flexibility index (Phi) is 3.72. The first-order chi connectivity index (χ1) is 7.04. The van der Waals surface area contributed by atoms with Crippen LogP contribution in [0.15, 0.2) is 12.1 Å². The van der Waals surface area contributed by atoms with Crippen LogP contribution in [-0.4, -0.2) is 18.2 Å². The average Bonchev–Trinajstić information content (AvgIpc) is 2.13. The number of ether oxygens (including phenoxy) is 1. The summed E-state index contributed by atoms with van der Waals surface area (Å²) in [5, 5.41) is 8.64. The largest absolute Gasteiger partial charge is 0.496 e. The van der Waals surface area contributed by atoms with E-state index in [1.807, 2.05) is 26.0 Å². The normalized spacial score (nSPS) is 10.1. The number of carboxylic acid groups (broad SMARTS) is 1. The molecule has 0 saturated carbocycles. The van der Waals surface area contributed by atoms with E-state index in [4.69, 9.17) is 9.84 Å². The molecule has 82 valence electrons. The number of hydrogen-bond donors (Lipinski definition) is 1. The van der Waals surface area contributed by atoms with Gasteiger partial charge in [0.25, 0.3) is 0 Å². The Hall–Kier alpha value is -1.51. The van der Waals surface area contributed by atoms with Gasteiger partial charge < -0.3 is 9.84 Å². The van der Waals surface area contributed by atoms with Gasteiger partial charge in [0.05, 0.1) is 7.11 Å². The maximum atomic E-state index is 10.5. The van der Waals surface area contributed by atoms with Crippen LogP contribution in [0.4, 0.5) is 0 Å². The van der Waals surface area contributed by atoms with Crippen LogP contribution in [0.1, 0.15) is 23.1 Å². The Balaban J connectivity index is 2.98. The second kappa shape index (κ2) is 4.82. The summed E-state index contributed by atoms with van der Waals surface area (Å²) in [5.41, 5.74) is 3.16. The Morgan fingerprint density at radius 1 is 1.40 bits per heavy atom. The molecule has 0 heterocycles. The molecule has 0 aliphatic carbocycles. The van der Waals surface area contributed by atoms with Crippen LogP contribution in [-0.2, 0) is 11.2 Å². The van der Waals surface area contributed by atoms with Gasteiger partial charge in [0.1, 0.15) is 5.75 Å². The first-order valence-corrected chi connectivity index (χ1v) is 4.90. The summed E-state index contributed by atoms with van der Waals surface area (Å²) in [6.07, 6.45) is 0.653. The minimum atomic E-state index is -0.781. The molecule has 0 amide bonds. The van der Waals surface area contributed by atoms with Crippen molar-refractivity contribution in [1.82, 2.24) is 0 Å². The van der Waals surface area contributed by atoms with E-state index in [0.29, 0.717) is 6.42 Å². The zero-order valence-electron chi connectivity index (χ0n) is 9.33. The van der Waals surface area contributed by atoms with Crippen LogP contribution < -0.4 is 4.74 Å². The molecule has 0 fully saturated rings. The summed E-state index contributed by atoms with van der Waals surface area (Å²) >= 11 is 0. The maximum absolute atomic E-state index is 10.5. The van der Waals surface area contributed by atoms with Crippen molar-refractivity contribution in [1.29, 1.82) is 0 Å². The van der Waals surface area contributed by atoms with Gasteiger partial charge in [0, 0.05) is 6.42 Å². The highest BCUT2D eigenvalue weighted by Gasteiger charge is 2.08. The molecule has 1 aromatic carbocycles. The summed E-state index contributed by atoms with van der Waals surface area (Å²) in [6, 6.07) is 4.01. The van der Waals surface area contributed by atoms with E-state index in [2.05, 4.69) is 0 Å². The fraction of sp³-hybridized carbons (Fsp3) is 0.417. The van der Waals surface area contributed by atoms with Gasteiger partial charge in [0.2, 0.25) is 0 Å². The van der Waals surface area contributed by atoms with Crippen molar-refractivity contribution < 1.29 is 14.6 Å². The summed E-state index contributed by atoms with van der Waals surface area (Å²) in [4.78, 5) is 10.5. The van der Waals surface area contributed by atoms with Crippen LogP contribution in [0.5, 0.6) is 5.75 Å². The molecule has 0 spiro atoms. The third-order valence-electron chi connectivity index (χ3n) is 2.31. The molecule has 1 aromatic rings. The van der Waals surface area contributed by atoms with E-state index in [9.17, 15) is 4.79 Å². The lowest BCUT2D eigenvalue weighted by Gasteiger charge is -2.11. The van der Waals surface area contributed by atoms with Crippen LogP contribution in [0.3, 0.4) is 0 Å². The molecule has 0 aliphatic rings. The number of methoxy groups -OCH3 is 1. The first kappa shape index (κ1) is 11.6. The Labute approximate surface area is 89.7 Å². The molecular weight excluding hydrogens is 192 g/mol. The Morgan fingerprint density at radius 2 is 2.07 bits per heavy atom. The van der Waals surface area contributed by atoms with Crippen molar-refractivity contribution in [3.63, 3.8) is 0 Å². The van der Waals surface area contributed by atoms with Crippen molar-refractivity contribution in [2.24, 2.45) is 0 Å². The van der Waals surface area contributed by atoms with Crippen molar-refractivity contribution in [2.75, 3.05) is 7.11 Å². The van der Waals surface area contributed by atoms with Gasteiger partial charge in [-0.25, -0.2) is 0 Å². The zero-order valence-corrected chi connectivity index (χ0v) is 9.33. The van der Waals surface area contributed by atoms with Gasteiger partial charge >= 0.3 is 5.97 Å². The van der Waals surface area contributed by atoms with Crippen molar-refractivity contribution in [2.45, 2.75) is 26.7 Å². The predicted octanol–water partition coefficient (Wildman–Crippen LogP) is 2.33. The minimum Gasteiger partial charge on any atom is -0.496 e. The Morgan fingerprint density at radius 3 is 2.60 bits per heavy atom. The topological polar surface area (TPSA) is 46.5 Å². The average molecular weight is 208 g/mol. The molecule has 0 atom stereocenters. The quantitative estimate of drug-likeness (QED) is 0.826. The summed E-state index contributed by atoms with van der Waals surface area (Å²) < 4.78 is 5.27. The van der Waals surface area contributed by atoms with Gasteiger partial charge in [-0.2, -0.15) is 0 Å². The molecular formula is C12H16O3. The van der Waals surface area contributed by atoms with Gasteiger partial charge in [-0.1, -0.05) is 17.7 Å². The molecule has 0 unspecified atom stereocenters. The Bertz CT molecular complexity index is 369. The number of carboxylic acids is 1. The lowest BCUT2D eigenvalue weighted by molar-refractivity contribution is -0.136. The fourth-order valence-corrected chi connectivity index (χ4v) is 1.76. The third-order valence-corrected chi connectivity index (χ3v) is 2.31. The van der Waals surface area contributed by atoms with Crippen LogP contribution in [0.2, 0.25) is 0 Å².